The zero-order valence-electron chi connectivity index (χ0n) is 15.3. The molecule has 1 aromatic heterocycles. The van der Waals surface area contributed by atoms with Crippen molar-refractivity contribution in [1.29, 1.82) is 0 Å². The highest BCUT2D eigenvalue weighted by Crippen LogP contribution is 2.16. The van der Waals surface area contributed by atoms with Crippen LogP contribution in [0.1, 0.15) is 32.1 Å². The maximum absolute atomic E-state index is 12.8. The van der Waals surface area contributed by atoms with Gasteiger partial charge in [-0.15, -0.1) is 0 Å². The van der Waals surface area contributed by atoms with Crippen LogP contribution >= 0.6 is 0 Å². The second-order valence-electron chi connectivity index (χ2n) is 6.35. The molecule has 6 nitrogen and oxygen atoms in total. The lowest BCUT2D eigenvalue weighted by Gasteiger charge is -2.09. The molecule has 4 aromatic rings. The summed E-state index contributed by atoms with van der Waals surface area (Å²) in [4.78, 5) is 44.4. The number of esters is 1. The SMILES string of the molecule is O=C(OCc1nc2ccccc2c(=O)[nH]1)c1ccccc1C(=O)c1ccccc1. The standard InChI is InChI=1S/C23H16N2O4/c26-21(15-8-2-1-3-9-15)16-10-4-5-11-17(16)23(28)29-14-20-24-19-13-7-6-12-18(19)22(27)25-20/h1-13H,14H2,(H,24,25,27). The molecule has 29 heavy (non-hydrogen) atoms. The monoisotopic (exact) mass is 384 g/mol. The van der Waals surface area contributed by atoms with Crippen LogP contribution in [0.4, 0.5) is 0 Å². The Morgan fingerprint density at radius 1 is 0.828 bits per heavy atom. The molecule has 0 bridgehead atoms. The number of rotatable bonds is 5. The highest BCUT2D eigenvalue weighted by Gasteiger charge is 2.19. The van der Waals surface area contributed by atoms with Crippen molar-refractivity contribution in [2.24, 2.45) is 0 Å². The van der Waals surface area contributed by atoms with Gasteiger partial charge < -0.3 is 9.72 Å². The lowest BCUT2D eigenvalue weighted by Crippen LogP contribution is -2.16. The van der Waals surface area contributed by atoms with Gasteiger partial charge in [0, 0.05) is 11.1 Å². The second kappa shape index (κ2) is 7.90. The Morgan fingerprint density at radius 2 is 1.48 bits per heavy atom. The number of nitrogens with zero attached hydrogens (tertiary/aromatic N) is 1. The van der Waals surface area contributed by atoms with E-state index in [1.165, 1.54) is 6.07 Å². The van der Waals surface area contributed by atoms with E-state index in [0.29, 0.717) is 16.5 Å². The Hall–Kier alpha value is -4.06. The number of fused-ring (bicyclic) bond motifs is 1. The van der Waals surface area contributed by atoms with E-state index >= 15 is 0 Å². The number of benzene rings is 3. The Kier molecular flexibility index (Phi) is 4.99. The zero-order chi connectivity index (χ0) is 20.2. The highest BCUT2D eigenvalue weighted by atomic mass is 16.5. The van der Waals surface area contributed by atoms with E-state index in [2.05, 4.69) is 9.97 Å². The molecule has 142 valence electrons. The number of aromatic amines is 1. The van der Waals surface area contributed by atoms with Gasteiger partial charge in [-0.3, -0.25) is 9.59 Å². The number of nitrogens with one attached hydrogen (secondary N) is 1. The van der Waals surface area contributed by atoms with Gasteiger partial charge in [0.05, 0.1) is 16.5 Å². The summed E-state index contributed by atoms with van der Waals surface area (Å²) in [5, 5.41) is 0.460. The van der Waals surface area contributed by atoms with Crippen LogP contribution in [-0.2, 0) is 11.3 Å². The molecule has 0 radical (unpaired) electrons. The quantitative estimate of drug-likeness (QED) is 0.420. The first-order chi connectivity index (χ1) is 14.1. The fourth-order valence-electron chi connectivity index (χ4n) is 3.02. The Balaban J connectivity index is 1.57. The molecule has 6 heteroatoms. The lowest BCUT2D eigenvalue weighted by atomic mass is 9.98. The largest absolute Gasteiger partial charge is 0.454 e. The van der Waals surface area contributed by atoms with E-state index in [1.807, 2.05) is 6.07 Å². The van der Waals surface area contributed by atoms with Gasteiger partial charge >= 0.3 is 5.97 Å². The normalized spacial score (nSPS) is 10.6. The highest BCUT2D eigenvalue weighted by molar-refractivity contribution is 6.14. The zero-order valence-corrected chi connectivity index (χ0v) is 15.3. The molecule has 0 aliphatic rings. The van der Waals surface area contributed by atoms with Crippen LogP contribution in [0.5, 0.6) is 0 Å². The van der Waals surface area contributed by atoms with Gasteiger partial charge in [0.25, 0.3) is 5.56 Å². The molecular weight excluding hydrogens is 368 g/mol. The van der Waals surface area contributed by atoms with Crippen LogP contribution in [0.2, 0.25) is 0 Å². The summed E-state index contributed by atoms with van der Waals surface area (Å²) in [6.45, 7) is -0.216. The van der Waals surface area contributed by atoms with Gasteiger partial charge in [-0.25, -0.2) is 9.78 Å². The van der Waals surface area contributed by atoms with Gasteiger partial charge in [0.15, 0.2) is 5.78 Å². The number of aromatic nitrogens is 2. The molecule has 0 unspecified atom stereocenters. The summed E-state index contributed by atoms with van der Waals surface area (Å²) in [5.74, 6) is -0.704. The van der Waals surface area contributed by atoms with Crippen LogP contribution in [0.3, 0.4) is 0 Å². The second-order valence-corrected chi connectivity index (χ2v) is 6.35. The summed E-state index contributed by atoms with van der Waals surface area (Å²) in [5.41, 5.74) is 1.10. The first-order valence-electron chi connectivity index (χ1n) is 8.97. The lowest BCUT2D eigenvalue weighted by molar-refractivity contribution is 0.0460. The molecule has 4 rings (SSSR count). The van der Waals surface area contributed by atoms with Crippen molar-refractivity contribution in [2.45, 2.75) is 6.61 Å². The predicted octanol–water partition coefficient (Wildman–Crippen LogP) is 3.51. The minimum absolute atomic E-state index is 0.157. The number of carbonyl (C=O) groups is 2. The Bertz CT molecular complexity index is 1260. The van der Waals surface area contributed by atoms with Crippen molar-refractivity contribution in [3.05, 3.63) is 112 Å². The maximum Gasteiger partial charge on any atom is 0.339 e. The molecule has 0 amide bonds. The molecule has 0 saturated heterocycles. The summed E-state index contributed by atoms with van der Waals surface area (Å²) in [6, 6.07) is 22.1. The van der Waals surface area contributed by atoms with Crippen LogP contribution < -0.4 is 5.56 Å². The molecule has 1 N–H and O–H groups in total. The number of ether oxygens (including phenoxy) is 1. The summed E-state index contributed by atoms with van der Waals surface area (Å²) >= 11 is 0. The van der Waals surface area contributed by atoms with E-state index in [0.717, 1.165) is 0 Å². The van der Waals surface area contributed by atoms with Crippen molar-refractivity contribution in [3.8, 4) is 0 Å². The molecule has 0 spiro atoms. The molecule has 0 aliphatic carbocycles. The van der Waals surface area contributed by atoms with E-state index in [1.54, 1.807) is 66.7 Å². The molecule has 0 fully saturated rings. The van der Waals surface area contributed by atoms with Crippen molar-refractivity contribution >= 4 is 22.7 Å². The predicted molar refractivity (Wildman–Crippen MR) is 108 cm³/mol. The smallest absolute Gasteiger partial charge is 0.339 e. The first-order valence-corrected chi connectivity index (χ1v) is 8.97. The van der Waals surface area contributed by atoms with Gasteiger partial charge in [0.2, 0.25) is 0 Å². The first kappa shape index (κ1) is 18.3. The van der Waals surface area contributed by atoms with E-state index < -0.39 is 5.97 Å². The van der Waals surface area contributed by atoms with Crippen LogP contribution in [0.25, 0.3) is 10.9 Å². The molecule has 0 saturated carbocycles. The third-order valence-electron chi connectivity index (χ3n) is 4.43. The van der Waals surface area contributed by atoms with Crippen LogP contribution in [-0.4, -0.2) is 21.7 Å². The average molecular weight is 384 g/mol. The minimum Gasteiger partial charge on any atom is -0.454 e. The Labute approximate surface area is 165 Å². The Morgan fingerprint density at radius 3 is 2.28 bits per heavy atom. The number of ketones is 1. The third-order valence-corrected chi connectivity index (χ3v) is 4.43. The number of para-hydroxylation sites is 1. The number of hydrogen-bond acceptors (Lipinski definition) is 5. The molecule has 0 atom stereocenters. The van der Waals surface area contributed by atoms with Crippen molar-refractivity contribution in [2.75, 3.05) is 0 Å². The van der Waals surface area contributed by atoms with Crippen molar-refractivity contribution in [3.63, 3.8) is 0 Å². The minimum atomic E-state index is -0.666. The summed E-state index contributed by atoms with van der Waals surface area (Å²) in [6.07, 6.45) is 0. The van der Waals surface area contributed by atoms with Crippen LogP contribution in [0, 0.1) is 0 Å². The molecule has 1 heterocycles. The molecular formula is C23H16N2O4. The van der Waals surface area contributed by atoms with Crippen LogP contribution in [0.15, 0.2) is 83.7 Å². The van der Waals surface area contributed by atoms with Gasteiger partial charge in [-0.05, 0) is 18.2 Å². The molecule has 0 aliphatic heterocycles. The van der Waals surface area contributed by atoms with Gasteiger partial charge in [0.1, 0.15) is 12.4 Å². The number of hydrogen-bond donors (Lipinski definition) is 1. The van der Waals surface area contributed by atoms with Gasteiger partial charge in [-0.1, -0.05) is 60.7 Å². The van der Waals surface area contributed by atoms with E-state index in [4.69, 9.17) is 4.74 Å². The van der Waals surface area contributed by atoms with Crippen molar-refractivity contribution in [1.82, 2.24) is 9.97 Å². The maximum atomic E-state index is 12.8. The van der Waals surface area contributed by atoms with Crippen molar-refractivity contribution < 1.29 is 14.3 Å². The fraction of sp³-hybridized carbons (Fsp3) is 0.0435. The molecule has 3 aromatic carbocycles. The topological polar surface area (TPSA) is 89.1 Å². The summed E-state index contributed by atoms with van der Waals surface area (Å²) < 4.78 is 5.32. The van der Waals surface area contributed by atoms with E-state index in [9.17, 15) is 14.4 Å². The third kappa shape index (κ3) is 3.82. The average Bonchev–Trinajstić information content (AvgIpc) is 2.77. The number of H-pyrrole nitrogens is 1. The fourth-order valence-corrected chi connectivity index (χ4v) is 3.02. The number of carbonyl (C=O) groups excluding carboxylic acids is 2. The summed E-state index contributed by atoms with van der Waals surface area (Å²) in [7, 11) is 0. The van der Waals surface area contributed by atoms with E-state index in [-0.39, 0.29) is 34.9 Å². The van der Waals surface area contributed by atoms with Gasteiger partial charge in [-0.2, -0.15) is 0 Å².